The molecule has 0 atom stereocenters. The highest BCUT2D eigenvalue weighted by atomic mass is 28.4. The third-order valence-electron chi connectivity index (χ3n) is 1.29. The van der Waals surface area contributed by atoms with Gasteiger partial charge >= 0.3 is 8.80 Å². The fraction of sp³-hybridized carbons (Fsp3) is 1.00. The Hall–Kier alpha value is 0.0569. The van der Waals surface area contributed by atoms with E-state index in [-0.39, 0.29) is 0 Å². The van der Waals surface area contributed by atoms with Crippen molar-refractivity contribution in [1.29, 1.82) is 0 Å². The molecule has 0 amide bonds. The Kier molecular flexibility index (Phi) is 5.70. The number of rotatable bonds is 6. The molecule has 0 aliphatic rings. The second-order valence-electron chi connectivity index (χ2n) is 1.96. The van der Waals surface area contributed by atoms with Crippen molar-refractivity contribution in [3.63, 3.8) is 0 Å². The van der Waals surface area contributed by atoms with Crippen molar-refractivity contribution in [2.24, 2.45) is 5.73 Å². The first-order valence-electron chi connectivity index (χ1n) is 3.77. The predicted molar refractivity (Wildman–Crippen MR) is 45.1 cm³/mol. The summed E-state index contributed by atoms with van der Waals surface area (Å²) in [5.41, 5.74) is 5.48. The maximum absolute atomic E-state index is 5.48. The summed E-state index contributed by atoms with van der Waals surface area (Å²) in [7, 11) is -0.892. The molecule has 0 aromatic heterocycles. The lowest BCUT2D eigenvalue weighted by atomic mass is 10.9. The van der Waals surface area contributed by atoms with Crippen molar-refractivity contribution in [1.82, 2.24) is 0 Å². The summed E-state index contributed by atoms with van der Waals surface area (Å²) < 4.78 is 15.8. The highest BCUT2D eigenvalue weighted by molar-refractivity contribution is 6.60. The van der Waals surface area contributed by atoms with Gasteiger partial charge in [0.15, 0.2) is 0 Å². The van der Waals surface area contributed by atoms with E-state index in [9.17, 15) is 0 Å². The van der Waals surface area contributed by atoms with Crippen LogP contribution >= 0.6 is 0 Å². The molecular formula is C6H17NO3Si. The highest BCUT2D eigenvalue weighted by Gasteiger charge is 2.37. The average molecular weight is 179 g/mol. The van der Waals surface area contributed by atoms with Crippen LogP contribution in [0.25, 0.3) is 0 Å². The van der Waals surface area contributed by atoms with E-state index in [2.05, 4.69) is 0 Å². The minimum absolute atomic E-state index is 0.338. The van der Waals surface area contributed by atoms with Crippen molar-refractivity contribution >= 4 is 8.80 Å². The van der Waals surface area contributed by atoms with Crippen molar-refractivity contribution in [3.05, 3.63) is 0 Å². The highest BCUT2D eigenvalue weighted by Crippen LogP contribution is 2.05. The zero-order valence-corrected chi connectivity index (χ0v) is 8.42. The molecule has 0 rings (SSSR count). The smallest absolute Gasteiger partial charge is 0.376 e. The van der Waals surface area contributed by atoms with Crippen molar-refractivity contribution in [2.75, 3.05) is 26.5 Å². The van der Waals surface area contributed by atoms with Crippen LogP contribution in [0.5, 0.6) is 0 Å². The molecule has 5 heteroatoms. The first-order chi connectivity index (χ1) is 5.24. The van der Waals surface area contributed by atoms with E-state index in [4.69, 9.17) is 19.0 Å². The lowest BCUT2D eigenvalue weighted by Crippen LogP contribution is -2.52. The standard InChI is InChI=1S/C6H17NO3Si/c1-4-9-11(6-7,8-3)10-5-2/h4-7H2,1-3H3. The van der Waals surface area contributed by atoms with Crippen LogP contribution in [0.3, 0.4) is 0 Å². The molecule has 0 saturated heterocycles. The summed E-state index contributed by atoms with van der Waals surface area (Å²) in [6, 6.07) is 0. The van der Waals surface area contributed by atoms with Gasteiger partial charge in [0.2, 0.25) is 0 Å². The number of nitrogens with two attached hydrogens (primary N) is 1. The minimum Gasteiger partial charge on any atom is -0.376 e. The van der Waals surface area contributed by atoms with Crippen LogP contribution in [0.4, 0.5) is 0 Å². The molecule has 0 aromatic carbocycles. The molecule has 0 heterocycles. The monoisotopic (exact) mass is 179 g/mol. The van der Waals surface area contributed by atoms with Gasteiger partial charge in [0.05, 0.1) is 6.17 Å². The summed E-state index contributed by atoms with van der Waals surface area (Å²) in [4.78, 5) is 0. The lowest BCUT2D eigenvalue weighted by molar-refractivity contribution is 0.0882. The van der Waals surface area contributed by atoms with Gasteiger partial charge in [0, 0.05) is 20.3 Å². The van der Waals surface area contributed by atoms with Crippen molar-refractivity contribution in [2.45, 2.75) is 13.8 Å². The number of hydrogen-bond donors (Lipinski definition) is 1. The van der Waals surface area contributed by atoms with Crippen LogP contribution in [0.2, 0.25) is 0 Å². The summed E-state index contributed by atoms with van der Waals surface area (Å²) >= 11 is 0. The van der Waals surface area contributed by atoms with Gasteiger partial charge in [0.25, 0.3) is 0 Å². The maximum Gasteiger partial charge on any atom is 0.514 e. The van der Waals surface area contributed by atoms with Gasteiger partial charge in [-0.3, -0.25) is 0 Å². The van der Waals surface area contributed by atoms with E-state index >= 15 is 0 Å². The Bertz CT molecular complexity index is 89.8. The molecule has 0 spiro atoms. The minimum atomic E-state index is -2.47. The van der Waals surface area contributed by atoms with Gasteiger partial charge < -0.3 is 19.0 Å². The molecule has 0 aromatic rings. The van der Waals surface area contributed by atoms with E-state index in [1.807, 2.05) is 13.8 Å². The summed E-state index contributed by atoms with van der Waals surface area (Å²) in [6.45, 7) is 4.96. The molecule has 0 radical (unpaired) electrons. The summed E-state index contributed by atoms with van der Waals surface area (Å²) in [5.74, 6) is 0. The molecule has 0 aliphatic heterocycles. The van der Waals surface area contributed by atoms with Gasteiger partial charge in [-0.1, -0.05) is 0 Å². The first-order valence-corrected chi connectivity index (χ1v) is 5.71. The third-order valence-corrected chi connectivity index (χ3v) is 3.87. The van der Waals surface area contributed by atoms with Crippen LogP contribution in [-0.4, -0.2) is 35.3 Å². The average Bonchev–Trinajstić information content (AvgIpc) is 2.04. The van der Waals surface area contributed by atoms with Crippen molar-refractivity contribution in [3.8, 4) is 0 Å². The van der Waals surface area contributed by atoms with Gasteiger partial charge in [-0.25, -0.2) is 0 Å². The van der Waals surface area contributed by atoms with E-state index in [1.165, 1.54) is 0 Å². The molecule has 0 bridgehead atoms. The van der Waals surface area contributed by atoms with E-state index < -0.39 is 8.80 Å². The Morgan fingerprint density at radius 2 is 1.64 bits per heavy atom. The molecule has 4 nitrogen and oxygen atoms in total. The summed E-state index contributed by atoms with van der Waals surface area (Å²) in [6.07, 6.45) is 0.338. The fourth-order valence-corrected chi connectivity index (χ4v) is 2.40. The molecule has 0 aliphatic carbocycles. The van der Waals surface area contributed by atoms with Gasteiger partial charge in [-0.15, -0.1) is 0 Å². The van der Waals surface area contributed by atoms with Crippen LogP contribution in [0, 0.1) is 0 Å². The molecule has 11 heavy (non-hydrogen) atoms. The second kappa shape index (κ2) is 5.67. The van der Waals surface area contributed by atoms with Crippen LogP contribution in [0.15, 0.2) is 0 Å². The Morgan fingerprint density at radius 3 is 1.82 bits per heavy atom. The van der Waals surface area contributed by atoms with Crippen LogP contribution in [-0.2, 0) is 13.3 Å². The Balaban J connectivity index is 3.96. The molecular weight excluding hydrogens is 162 g/mol. The van der Waals surface area contributed by atoms with Crippen LogP contribution < -0.4 is 5.73 Å². The quantitative estimate of drug-likeness (QED) is 0.589. The lowest BCUT2D eigenvalue weighted by Gasteiger charge is -2.25. The Labute approximate surface area is 69.0 Å². The maximum atomic E-state index is 5.48. The molecule has 0 fully saturated rings. The van der Waals surface area contributed by atoms with Gasteiger partial charge in [0.1, 0.15) is 0 Å². The molecule has 0 unspecified atom stereocenters. The Morgan fingerprint density at radius 1 is 1.18 bits per heavy atom. The second-order valence-corrected chi connectivity index (χ2v) is 4.72. The molecule has 68 valence electrons. The predicted octanol–water partition coefficient (Wildman–Crippen LogP) is 0.143. The van der Waals surface area contributed by atoms with Gasteiger partial charge in [-0.05, 0) is 13.8 Å². The van der Waals surface area contributed by atoms with Crippen LogP contribution in [0.1, 0.15) is 13.8 Å². The van der Waals surface area contributed by atoms with E-state index in [0.29, 0.717) is 19.4 Å². The van der Waals surface area contributed by atoms with E-state index in [0.717, 1.165) is 0 Å². The molecule has 0 saturated carbocycles. The van der Waals surface area contributed by atoms with Gasteiger partial charge in [-0.2, -0.15) is 0 Å². The zero-order valence-electron chi connectivity index (χ0n) is 7.42. The fourth-order valence-electron chi connectivity index (χ4n) is 0.801. The number of hydrogen-bond acceptors (Lipinski definition) is 4. The normalized spacial score (nSPS) is 12.0. The SMILES string of the molecule is CCO[Si](CN)(OC)OCC. The third kappa shape index (κ3) is 3.30. The summed E-state index contributed by atoms with van der Waals surface area (Å²) in [5, 5.41) is 0. The van der Waals surface area contributed by atoms with Crippen molar-refractivity contribution < 1.29 is 13.3 Å². The molecule has 2 N–H and O–H groups in total. The largest absolute Gasteiger partial charge is 0.514 e. The first kappa shape index (κ1) is 11.1. The van der Waals surface area contributed by atoms with E-state index in [1.54, 1.807) is 7.11 Å². The topological polar surface area (TPSA) is 53.7 Å². The zero-order chi connectivity index (χ0) is 8.74.